The molecule has 4 aliphatic rings. The van der Waals surface area contributed by atoms with Gasteiger partial charge in [-0.1, -0.05) is 20.8 Å². The van der Waals surface area contributed by atoms with Gasteiger partial charge in [-0.05, 0) is 80.5 Å². The van der Waals surface area contributed by atoms with Crippen LogP contribution in [0.3, 0.4) is 0 Å². The van der Waals surface area contributed by atoms with Crippen molar-refractivity contribution in [2.45, 2.75) is 108 Å². The lowest BCUT2D eigenvalue weighted by Gasteiger charge is -2.65. The van der Waals surface area contributed by atoms with Crippen LogP contribution in [0.1, 0.15) is 85.0 Å². The summed E-state index contributed by atoms with van der Waals surface area (Å²) in [6.45, 7) is 6.40. The van der Waals surface area contributed by atoms with Gasteiger partial charge in [0.15, 0.2) is 0 Å². The van der Waals surface area contributed by atoms with Crippen LogP contribution in [0.2, 0.25) is 0 Å². The van der Waals surface area contributed by atoms with Gasteiger partial charge in [0.25, 0.3) is 0 Å². The number of carbonyl (C=O) groups is 1. The Morgan fingerprint density at radius 3 is 2.32 bits per heavy atom. The molecule has 0 amide bonds. The number of hydrogen-bond acceptors (Lipinski definition) is 6. The molecule has 0 saturated heterocycles. The van der Waals surface area contributed by atoms with Crippen LogP contribution in [0, 0.1) is 34.5 Å². The smallest absolute Gasteiger partial charge is 0.305 e. The molecule has 0 heterocycles. The number of esters is 1. The van der Waals surface area contributed by atoms with Crippen molar-refractivity contribution in [3.05, 3.63) is 0 Å². The molecule has 0 aromatic rings. The molecule has 4 fully saturated rings. The van der Waals surface area contributed by atoms with E-state index in [1.807, 2.05) is 0 Å². The summed E-state index contributed by atoms with van der Waals surface area (Å²) in [6, 6.07) is 0. The summed E-state index contributed by atoms with van der Waals surface area (Å²) >= 11 is 0. The van der Waals surface area contributed by atoms with Gasteiger partial charge in [-0.25, -0.2) is 0 Å². The van der Waals surface area contributed by atoms with Crippen LogP contribution in [0.4, 0.5) is 0 Å². The number of rotatable bonds is 4. The van der Waals surface area contributed by atoms with Crippen LogP contribution in [0.25, 0.3) is 0 Å². The Labute approximate surface area is 186 Å². The average molecular weight is 439 g/mol. The second-order valence-electron chi connectivity index (χ2n) is 11.8. The maximum Gasteiger partial charge on any atom is 0.305 e. The molecule has 0 aliphatic heterocycles. The minimum absolute atomic E-state index is 0.0102. The minimum atomic E-state index is -1.23. The number of methoxy groups -OCH3 is 1. The summed E-state index contributed by atoms with van der Waals surface area (Å²) in [5, 5.41) is 44.9. The van der Waals surface area contributed by atoms with Gasteiger partial charge in [-0.15, -0.1) is 0 Å². The highest BCUT2D eigenvalue weighted by Gasteiger charge is 2.70. The van der Waals surface area contributed by atoms with Crippen molar-refractivity contribution in [3.8, 4) is 0 Å². The number of aliphatic hydroxyl groups is 4. The zero-order valence-electron chi connectivity index (χ0n) is 19.6. The molecular formula is C25H42O6. The van der Waals surface area contributed by atoms with Crippen LogP contribution in [0.15, 0.2) is 0 Å². The number of carbonyl (C=O) groups excluding carboxylic acids is 1. The lowest BCUT2D eigenvalue weighted by atomic mass is 9.42. The predicted molar refractivity (Wildman–Crippen MR) is 116 cm³/mol. The van der Waals surface area contributed by atoms with E-state index in [1.54, 1.807) is 0 Å². The van der Waals surface area contributed by atoms with Crippen molar-refractivity contribution in [2.24, 2.45) is 34.5 Å². The largest absolute Gasteiger partial charge is 0.469 e. The predicted octanol–water partition coefficient (Wildman–Crippen LogP) is 2.80. The first-order valence-electron chi connectivity index (χ1n) is 12.3. The van der Waals surface area contributed by atoms with Crippen molar-refractivity contribution < 1.29 is 30.0 Å². The molecule has 31 heavy (non-hydrogen) atoms. The lowest BCUT2D eigenvalue weighted by Crippen LogP contribution is -2.69. The second kappa shape index (κ2) is 7.68. The van der Waals surface area contributed by atoms with Crippen LogP contribution in [-0.2, 0) is 9.53 Å². The number of fused-ring (bicyclic) bond motifs is 5. The van der Waals surface area contributed by atoms with E-state index in [1.165, 1.54) is 7.11 Å². The second-order valence-corrected chi connectivity index (χ2v) is 11.8. The van der Waals surface area contributed by atoms with Gasteiger partial charge in [0, 0.05) is 18.3 Å². The van der Waals surface area contributed by atoms with Crippen LogP contribution in [-0.4, -0.2) is 56.9 Å². The monoisotopic (exact) mass is 438 g/mol. The summed E-state index contributed by atoms with van der Waals surface area (Å²) in [6.07, 6.45) is 5.17. The highest BCUT2D eigenvalue weighted by Crippen LogP contribution is 2.70. The molecule has 10 atom stereocenters. The zero-order valence-corrected chi connectivity index (χ0v) is 19.6. The Morgan fingerprint density at radius 1 is 1.03 bits per heavy atom. The first-order chi connectivity index (χ1) is 14.4. The standard InChI is InChI=1S/C25H42O6/c1-15(5-6-21(28)31-4)24(29)12-9-19-17-13-20(27)25(30)14-16(26)7-10-23(25,3)18(17)8-11-22(19,24)2/h15-20,26-27,29-30H,5-14H2,1-4H3/t15-,16-,17-,18+,19+,20+,22+,23-,24+,25-/m1/s1. The van der Waals surface area contributed by atoms with Crippen LogP contribution >= 0.6 is 0 Å². The van der Waals surface area contributed by atoms with E-state index in [2.05, 4.69) is 20.8 Å². The number of ether oxygens (including phenoxy) is 1. The molecule has 4 N–H and O–H groups in total. The summed E-state index contributed by atoms with van der Waals surface area (Å²) in [5.41, 5.74) is -2.74. The fraction of sp³-hybridized carbons (Fsp3) is 0.960. The first-order valence-corrected chi connectivity index (χ1v) is 12.3. The van der Waals surface area contributed by atoms with Crippen LogP contribution < -0.4 is 0 Å². The lowest BCUT2D eigenvalue weighted by molar-refractivity contribution is -0.270. The Bertz CT molecular complexity index is 712. The van der Waals surface area contributed by atoms with Crippen molar-refractivity contribution in [2.75, 3.05) is 7.11 Å². The Morgan fingerprint density at radius 2 is 1.65 bits per heavy atom. The molecular weight excluding hydrogens is 396 g/mol. The van der Waals surface area contributed by atoms with Crippen molar-refractivity contribution in [3.63, 3.8) is 0 Å². The first kappa shape index (κ1) is 23.5. The van der Waals surface area contributed by atoms with Crippen molar-refractivity contribution in [1.29, 1.82) is 0 Å². The minimum Gasteiger partial charge on any atom is -0.469 e. The SMILES string of the molecule is COC(=O)CC[C@@H](C)[C@@]1(O)CC[C@H]2[C@@H]3C[C@H](O)[C@]4(O)C[C@H](O)CC[C@]4(C)[C@H]3CC[C@@]21C. The van der Waals surface area contributed by atoms with Crippen LogP contribution in [0.5, 0.6) is 0 Å². The van der Waals surface area contributed by atoms with Gasteiger partial charge in [0.2, 0.25) is 0 Å². The molecule has 178 valence electrons. The van der Waals surface area contributed by atoms with E-state index in [-0.39, 0.29) is 29.6 Å². The Balaban J connectivity index is 1.60. The summed E-state index contributed by atoms with van der Waals surface area (Å²) < 4.78 is 4.80. The highest BCUT2D eigenvalue weighted by atomic mass is 16.5. The van der Waals surface area contributed by atoms with Gasteiger partial charge in [-0.3, -0.25) is 4.79 Å². The third-order valence-corrected chi connectivity index (χ3v) is 10.9. The Kier molecular flexibility index (Phi) is 5.81. The van der Waals surface area contributed by atoms with E-state index >= 15 is 0 Å². The molecule has 0 spiro atoms. The molecule has 6 nitrogen and oxygen atoms in total. The Hall–Kier alpha value is -0.690. The van der Waals surface area contributed by atoms with Gasteiger partial charge < -0.3 is 25.2 Å². The van der Waals surface area contributed by atoms with E-state index in [9.17, 15) is 25.2 Å². The molecule has 4 saturated carbocycles. The van der Waals surface area contributed by atoms with Crippen molar-refractivity contribution in [1.82, 2.24) is 0 Å². The fourth-order valence-corrected chi connectivity index (χ4v) is 8.80. The molecule has 4 aliphatic carbocycles. The van der Waals surface area contributed by atoms with E-state index in [4.69, 9.17) is 4.74 Å². The third kappa shape index (κ3) is 3.15. The number of aliphatic hydroxyl groups excluding tert-OH is 2. The summed E-state index contributed by atoms with van der Waals surface area (Å²) in [7, 11) is 1.40. The van der Waals surface area contributed by atoms with Gasteiger partial charge >= 0.3 is 5.97 Å². The average Bonchev–Trinajstić information content (AvgIpc) is 3.00. The molecule has 0 aromatic heterocycles. The molecule has 0 unspecified atom stereocenters. The summed E-state index contributed by atoms with van der Waals surface area (Å²) in [4.78, 5) is 11.7. The highest BCUT2D eigenvalue weighted by molar-refractivity contribution is 5.69. The maximum absolute atomic E-state index is 11.9. The van der Waals surface area contributed by atoms with Crippen molar-refractivity contribution >= 4 is 5.97 Å². The number of hydrogen-bond donors (Lipinski definition) is 4. The molecule has 4 rings (SSSR count). The summed E-state index contributed by atoms with van der Waals surface area (Å²) in [5.74, 6) is 0.597. The maximum atomic E-state index is 11.9. The molecule has 0 aromatic carbocycles. The van der Waals surface area contributed by atoms with Gasteiger partial charge in [0.1, 0.15) is 0 Å². The van der Waals surface area contributed by atoms with E-state index in [0.717, 1.165) is 32.1 Å². The van der Waals surface area contributed by atoms with Gasteiger partial charge in [0.05, 0.1) is 30.5 Å². The van der Waals surface area contributed by atoms with E-state index in [0.29, 0.717) is 37.5 Å². The normalized spacial score (nSPS) is 52.6. The third-order valence-electron chi connectivity index (χ3n) is 10.9. The zero-order chi connectivity index (χ0) is 22.8. The fourth-order valence-electron chi connectivity index (χ4n) is 8.80. The van der Waals surface area contributed by atoms with Gasteiger partial charge in [-0.2, -0.15) is 0 Å². The molecule has 0 radical (unpaired) electrons. The molecule has 6 heteroatoms. The topological polar surface area (TPSA) is 107 Å². The van der Waals surface area contributed by atoms with E-state index < -0.39 is 28.8 Å². The molecule has 0 bridgehead atoms. The quantitative estimate of drug-likeness (QED) is 0.503.